The number of rotatable bonds is 6. The lowest BCUT2D eigenvalue weighted by Crippen LogP contribution is -2.11. The van der Waals surface area contributed by atoms with Crippen molar-refractivity contribution in [1.29, 1.82) is 0 Å². The molecule has 0 radical (unpaired) electrons. The molecule has 3 nitrogen and oxygen atoms in total. The Balaban J connectivity index is 1.97. The highest BCUT2D eigenvalue weighted by Gasteiger charge is 2.30. The SMILES string of the molecule is CCNCc1sc(-c2ncccc2CC)nc1C1CC1. The predicted octanol–water partition coefficient (Wildman–Crippen LogP) is 3.75. The molecular formula is C16H21N3S. The highest BCUT2D eigenvalue weighted by atomic mass is 32.1. The first-order chi connectivity index (χ1) is 9.83. The van der Waals surface area contributed by atoms with Gasteiger partial charge in [-0.3, -0.25) is 4.98 Å². The van der Waals surface area contributed by atoms with Crippen molar-refractivity contribution in [2.75, 3.05) is 6.54 Å². The van der Waals surface area contributed by atoms with E-state index in [1.165, 1.54) is 29.0 Å². The second-order valence-corrected chi connectivity index (χ2v) is 6.33. The summed E-state index contributed by atoms with van der Waals surface area (Å²) < 4.78 is 0. The third-order valence-corrected chi connectivity index (χ3v) is 4.78. The van der Waals surface area contributed by atoms with Crippen molar-refractivity contribution in [2.45, 2.75) is 45.6 Å². The molecule has 0 aromatic carbocycles. The molecule has 1 aliphatic carbocycles. The van der Waals surface area contributed by atoms with Crippen LogP contribution in [0.2, 0.25) is 0 Å². The maximum absolute atomic E-state index is 4.92. The summed E-state index contributed by atoms with van der Waals surface area (Å²) >= 11 is 1.81. The quantitative estimate of drug-likeness (QED) is 0.879. The molecule has 1 N–H and O–H groups in total. The van der Waals surface area contributed by atoms with Gasteiger partial charge in [0.15, 0.2) is 0 Å². The lowest BCUT2D eigenvalue weighted by atomic mass is 10.1. The van der Waals surface area contributed by atoms with Crippen LogP contribution in [0.5, 0.6) is 0 Å². The number of nitrogens with zero attached hydrogens (tertiary/aromatic N) is 2. The number of nitrogens with one attached hydrogen (secondary N) is 1. The fourth-order valence-corrected chi connectivity index (χ4v) is 3.57. The summed E-state index contributed by atoms with van der Waals surface area (Å²) in [5, 5.41) is 4.53. The van der Waals surface area contributed by atoms with Gasteiger partial charge in [0.05, 0.1) is 5.69 Å². The van der Waals surface area contributed by atoms with E-state index in [0.717, 1.165) is 30.2 Å². The van der Waals surface area contributed by atoms with E-state index in [0.29, 0.717) is 5.92 Å². The van der Waals surface area contributed by atoms with Crippen LogP contribution in [0.15, 0.2) is 18.3 Å². The van der Waals surface area contributed by atoms with Crippen LogP contribution in [0, 0.1) is 0 Å². The van der Waals surface area contributed by atoms with E-state index in [9.17, 15) is 0 Å². The van der Waals surface area contributed by atoms with Gasteiger partial charge in [0, 0.05) is 23.5 Å². The van der Waals surface area contributed by atoms with Gasteiger partial charge in [-0.05, 0) is 37.4 Å². The summed E-state index contributed by atoms with van der Waals surface area (Å²) in [5.74, 6) is 0.697. The van der Waals surface area contributed by atoms with Gasteiger partial charge in [-0.2, -0.15) is 0 Å². The molecule has 1 aliphatic rings. The van der Waals surface area contributed by atoms with E-state index in [1.807, 2.05) is 23.6 Å². The molecule has 20 heavy (non-hydrogen) atoms. The number of thiazole rings is 1. The van der Waals surface area contributed by atoms with Crippen molar-refractivity contribution < 1.29 is 0 Å². The molecule has 106 valence electrons. The molecule has 0 bridgehead atoms. The summed E-state index contributed by atoms with van der Waals surface area (Å²) in [6.45, 7) is 6.26. The second kappa shape index (κ2) is 6.02. The van der Waals surface area contributed by atoms with Crippen molar-refractivity contribution >= 4 is 11.3 Å². The van der Waals surface area contributed by atoms with Gasteiger partial charge in [-0.1, -0.05) is 19.9 Å². The molecule has 0 atom stereocenters. The smallest absolute Gasteiger partial charge is 0.142 e. The lowest BCUT2D eigenvalue weighted by Gasteiger charge is -2.02. The van der Waals surface area contributed by atoms with Crippen molar-refractivity contribution in [1.82, 2.24) is 15.3 Å². The normalized spacial score (nSPS) is 14.7. The third kappa shape index (κ3) is 2.76. The summed E-state index contributed by atoms with van der Waals surface area (Å²) in [5.41, 5.74) is 3.68. The first-order valence-corrected chi connectivity index (χ1v) is 8.29. The minimum atomic E-state index is 0.697. The summed E-state index contributed by atoms with van der Waals surface area (Å²) in [6, 6.07) is 4.17. The highest BCUT2D eigenvalue weighted by molar-refractivity contribution is 7.15. The maximum Gasteiger partial charge on any atom is 0.142 e. The molecule has 2 aromatic heterocycles. The van der Waals surface area contributed by atoms with Crippen molar-refractivity contribution in [2.24, 2.45) is 0 Å². The van der Waals surface area contributed by atoms with Crippen LogP contribution in [-0.2, 0) is 13.0 Å². The topological polar surface area (TPSA) is 37.8 Å². The van der Waals surface area contributed by atoms with Crippen LogP contribution in [-0.4, -0.2) is 16.5 Å². The van der Waals surface area contributed by atoms with Crippen LogP contribution in [0.25, 0.3) is 10.7 Å². The van der Waals surface area contributed by atoms with E-state index in [4.69, 9.17) is 4.98 Å². The van der Waals surface area contributed by atoms with Crippen molar-refractivity contribution in [3.63, 3.8) is 0 Å². The van der Waals surface area contributed by atoms with Crippen molar-refractivity contribution in [3.05, 3.63) is 34.5 Å². The maximum atomic E-state index is 4.92. The minimum absolute atomic E-state index is 0.697. The second-order valence-electron chi connectivity index (χ2n) is 5.25. The molecule has 0 unspecified atom stereocenters. The van der Waals surface area contributed by atoms with Crippen molar-refractivity contribution in [3.8, 4) is 10.7 Å². The Bertz CT molecular complexity index is 587. The molecule has 4 heteroatoms. The van der Waals surface area contributed by atoms with Gasteiger partial charge in [0.1, 0.15) is 10.7 Å². The Labute approximate surface area is 124 Å². The van der Waals surface area contributed by atoms with E-state index in [-0.39, 0.29) is 0 Å². The van der Waals surface area contributed by atoms with E-state index in [2.05, 4.69) is 30.2 Å². The Kier molecular flexibility index (Phi) is 4.13. The molecule has 0 saturated heterocycles. The fraction of sp³-hybridized carbons (Fsp3) is 0.500. The van der Waals surface area contributed by atoms with Gasteiger partial charge in [-0.25, -0.2) is 4.98 Å². The van der Waals surface area contributed by atoms with E-state index in [1.54, 1.807) is 0 Å². The Morgan fingerprint density at radius 2 is 2.20 bits per heavy atom. The summed E-state index contributed by atoms with van der Waals surface area (Å²) in [6.07, 6.45) is 5.47. The largest absolute Gasteiger partial charge is 0.312 e. The predicted molar refractivity (Wildman–Crippen MR) is 84.1 cm³/mol. The lowest BCUT2D eigenvalue weighted by molar-refractivity contribution is 0.727. The molecule has 3 rings (SSSR count). The number of hydrogen-bond acceptors (Lipinski definition) is 4. The van der Waals surface area contributed by atoms with Gasteiger partial charge < -0.3 is 5.32 Å². The molecule has 0 spiro atoms. The van der Waals surface area contributed by atoms with Gasteiger partial charge in [-0.15, -0.1) is 11.3 Å². The molecule has 1 saturated carbocycles. The van der Waals surface area contributed by atoms with Crippen LogP contribution in [0.3, 0.4) is 0 Å². The molecular weight excluding hydrogens is 266 g/mol. The van der Waals surface area contributed by atoms with Crippen LogP contribution in [0.4, 0.5) is 0 Å². The van der Waals surface area contributed by atoms with E-state index < -0.39 is 0 Å². The van der Waals surface area contributed by atoms with Gasteiger partial charge in [0.25, 0.3) is 0 Å². The molecule has 1 fully saturated rings. The first kappa shape index (κ1) is 13.7. The number of hydrogen-bond donors (Lipinski definition) is 1. The standard InChI is InChI=1S/C16H21N3S/c1-3-11-6-5-9-18-15(11)16-19-14(12-7-8-12)13(20-16)10-17-4-2/h5-6,9,12,17H,3-4,7-8,10H2,1-2H3. The monoisotopic (exact) mass is 287 g/mol. The number of aryl methyl sites for hydroxylation is 1. The Hall–Kier alpha value is -1.26. The zero-order valence-electron chi connectivity index (χ0n) is 12.1. The Morgan fingerprint density at radius 1 is 1.35 bits per heavy atom. The van der Waals surface area contributed by atoms with Crippen LogP contribution >= 0.6 is 11.3 Å². The van der Waals surface area contributed by atoms with Crippen LogP contribution < -0.4 is 5.32 Å². The number of pyridine rings is 1. The fourth-order valence-electron chi connectivity index (χ4n) is 2.42. The molecule has 0 amide bonds. The van der Waals surface area contributed by atoms with Gasteiger partial charge >= 0.3 is 0 Å². The summed E-state index contributed by atoms with van der Waals surface area (Å²) in [4.78, 5) is 10.9. The third-order valence-electron chi connectivity index (χ3n) is 3.70. The molecule has 2 aromatic rings. The van der Waals surface area contributed by atoms with E-state index >= 15 is 0 Å². The average molecular weight is 287 g/mol. The highest BCUT2D eigenvalue weighted by Crippen LogP contribution is 2.44. The zero-order valence-corrected chi connectivity index (χ0v) is 13.0. The minimum Gasteiger partial charge on any atom is -0.312 e. The van der Waals surface area contributed by atoms with Gasteiger partial charge in [0.2, 0.25) is 0 Å². The zero-order chi connectivity index (χ0) is 13.9. The Morgan fingerprint density at radius 3 is 2.90 bits per heavy atom. The van der Waals surface area contributed by atoms with Crippen LogP contribution in [0.1, 0.15) is 48.7 Å². The summed E-state index contributed by atoms with van der Waals surface area (Å²) in [7, 11) is 0. The average Bonchev–Trinajstić information content (AvgIpc) is 3.25. The first-order valence-electron chi connectivity index (χ1n) is 7.48. The number of aromatic nitrogens is 2. The molecule has 2 heterocycles. The molecule has 0 aliphatic heterocycles.